The van der Waals surface area contributed by atoms with Crippen LogP contribution in [-0.2, 0) is 11.3 Å². The third-order valence-corrected chi connectivity index (χ3v) is 7.10. The van der Waals surface area contributed by atoms with E-state index in [2.05, 4.69) is 10.2 Å². The fraction of sp³-hybridized carbons (Fsp3) is 0.435. The molecule has 0 saturated carbocycles. The SMILES string of the molecule is COc1ccccc1NC(=O)C(C)n1c(CN2CCCC2)nc2sc(C)c(C)c2c1=O. The first-order valence-corrected chi connectivity index (χ1v) is 11.4. The van der Waals surface area contributed by atoms with Gasteiger partial charge in [0.1, 0.15) is 22.4 Å². The van der Waals surface area contributed by atoms with Gasteiger partial charge in [0, 0.05) is 4.88 Å². The summed E-state index contributed by atoms with van der Waals surface area (Å²) in [7, 11) is 1.56. The number of fused-ring (bicyclic) bond motifs is 1. The summed E-state index contributed by atoms with van der Waals surface area (Å²) >= 11 is 1.54. The summed E-state index contributed by atoms with van der Waals surface area (Å²) < 4.78 is 6.92. The van der Waals surface area contributed by atoms with Gasteiger partial charge in [-0.05, 0) is 64.4 Å². The van der Waals surface area contributed by atoms with E-state index in [0.29, 0.717) is 29.2 Å². The standard InChI is InChI=1S/C23H28N4O3S/c1-14-16(3)31-22-20(14)23(29)27(19(25-22)13-26-11-7-8-12-26)15(2)21(28)24-17-9-5-6-10-18(17)30-4/h5-6,9-10,15H,7-8,11-13H2,1-4H3,(H,24,28). The summed E-state index contributed by atoms with van der Waals surface area (Å²) in [6, 6.07) is 6.53. The van der Waals surface area contributed by atoms with Gasteiger partial charge >= 0.3 is 0 Å². The molecular weight excluding hydrogens is 412 g/mol. The Bertz CT molecular complexity index is 1180. The van der Waals surface area contributed by atoms with Crippen molar-refractivity contribution in [3.05, 3.63) is 50.9 Å². The lowest BCUT2D eigenvalue weighted by Crippen LogP contribution is -2.36. The average Bonchev–Trinajstić information content (AvgIpc) is 3.36. The van der Waals surface area contributed by atoms with E-state index in [-0.39, 0.29) is 11.5 Å². The van der Waals surface area contributed by atoms with E-state index >= 15 is 0 Å². The summed E-state index contributed by atoms with van der Waals surface area (Å²) in [5, 5.41) is 3.53. The zero-order chi connectivity index (χ0) is 22.1. The molecule has 2 aromatic heterocycles. The molecule has 164 valence electrons. The van der Waals surface area contributed by atoms with Gasteiger partial charge in [0.25, 0.3) is 5.56 Å². The molecule has 8 heteroatoms. The van der Waals surface area contributed by atoms with Crippen molar-refractivity contribution in [1.82, 2.24) is 14.5 Å². The lowest BCUT2D eigenvalue weighted by Gasteiger charge is -2.22. The van der Waals surface area contributed by atoms with Crippen LogP contribution in [0.1, 0.15) is 42.1 Å². The summed E-state index contributed by atoms with van der Waals surface area (Å²) in [5.74, 6) is 0.939. The number of aromatic nitrogens is 2. The van der Waals surface area contributed by atoms with Gasteiger partial charge in [-0.3, -0.25) is 19.1 Å². The number of nitrogens with one attached hydrogen (secondary N) is 1. The first-order valence-electron chi connectivity index (χ1n) is 10.6. The second-order valence-electron chi connectivity index (χ2n) is 8.02. The molecule has 0 spiro atoms. The number of anilines is 1. The maximum atomic E-state index is 13.6. The highest BCUT2D eigenvalue weighted by molar-refractivity contribution is 7.18. The summed E-state index contributed by atoms with van der Waals surface area (Å²) in [6.07, 6.45) is 2.29. The number of ether oxygens (including phenoxy) is 1. The van der Waals surface area contributed by atoms with E-state index in [0.717, 1.165) is 41.2 Å². The van der Waals surface area contributed by atoms with Crippen LogP contribution < -0.4 is 15.6 Å². The Hall–Kier alpha value is -2.71. The van der Waals surface area contributed by atoms with Crippen molar-refractivity contribution in [2.24, 2.45) is 0 Å². The number of hydrogen-bond acceptors (Lipinski definition) is 6. The largest absolute Gasteiger partial charge is 0.495 e. The highest BCUT2D eigenvalue weighted by Crippen LogP contribution is 2.28. The Balaban J connectivity index is 1.76. The molecule has 0 bridgehead atoms. The van der Waals surface area contributed by atoms with Crippen LogP contribution >= 0.6 is 11.3 Å². The third-order valence-electron chi connectivity index (χ3n) is 6.00. The molecule has 0 aliphatic carbocycles. The highest BCUT2D eigenvalue weighted by Gasteiger charge is 2.26. The Morgan fingerprint density at radius 1 is 1.26 bits per heavy atom. The van der Waals surface area contributed by atoms with Crippen LogP contribution in [0, 0.1) is 13.8 Å². The van der Waals surface area contributed by atoms with Gasteiger partial charge in [0.2, 0.25) is 5.91 Å². The van der Waals surface area contributed by atoms with Crippen LogP contribution in [0.2, 0.25) is 0 Å². The fourth-order valence-corrected chi connectivity index (χ4v) is 5.14. The predicted molar refractivity (Wildman–Crippen MR) is 124 cm³/mol. The number of carbonyl (C=O) groups is 1. The molecule has 1 N–H and O–H groups in total. The molecule has 31 heavy (non-hydrogen) atoms. The number of hydrogen-bond donors (Lipinski definition) is 1. The van der Waals surface area contributed by atoms with Crippen molar-refractivity contribution in [2.75, 3.05) is 25.5 Å². The van der Waals surface area contributed by atoms with E-state index in [9.17, 15) is 9.59 Å². The molecule has 1 aliphatic rings. The fourth-order valence-electron chi connectivity index (χ4n) is 4.10. The van der Waals surface area contributed by atoms with Crippen molar-refractivity contribution in [2.45, 2.75) is 46.2 Å². The predicted octanol–water partition coefficient (Wildman–Crippen LogP) is 3.88. The minimum Gasteiger partial charge on any atom is -0.495 e. The molecule has 3 heterocycles. The lowest BCUT2D eigenvalue weighted by molar-refractivity contribution is -0.119. The molecule has 1 fully saturated rings. The van der Waals surface area contributed by atoms with Crippen LogP contribution in [0.25, 0.3) is 10.2 Å². The third kappa shape index (κ3) is 4.09. The Morgan fingerprint density at radius 2 is 1.97 bits per heavy atom. The van der Waals surface area contributed by atoms with Crippen molar-refractivity contribution >= 4 is 33.1 Å². The van der Waals surface area contributed by atoms with Gasteiger partial charge in [-0.15, -0.1) is 11.3 Å². The summed E-state index contributed by atoms with van der Waals surface area (Å²) in [5.41, 5.74) is 1.37. The zero-order valence-electron chi connectivity index (χ0n) is 18.4. The van der Waals surface area contributed by atoms with Crippen molar-refractivity contribution in [3.63, 3.8) is 0 Å². The van der Waals surface area contributed by atoms with Crippen LogP contribution in [0.3, 0.4) is 0 Å². The van der Waals surface area contributed by atoms with Crippen LogP contribution in [0.15, 0.2) is 29.1 Å². The number of rotatable bonds is 6. The van der Waals surface area contributed by atoms with Crippen LogP contribution in [-0.4, -0.2) is 40.6 Å². The highest BCUT2D eigenvalue weighted by atomic mass is 32.1. The number of benzene rings is 1. The van der Waals surface area contributed by atoms with E-state index in [4.69, 9.17) is 9.72 Å². The quantitative estimate of drug-likeness (QED) is 0.630. The molecule has 1 unspecified atom stereocenters. The normalized spacial score (nSPS) is 15.4. The molecule has 7 nitrogen and oxygen atoms in total. The van der Waals surface area contributed by atoms with Crippen molar-refractivity contribution in [3.8, 4) is 5.75 Å². The molecule has 4 rings (SSSR count). The Morgan fingerprint density at radius 3 is 2.68 bits per heavy atom. The van der Waals surface area contributed by atoms with Gasteiger partial charge in [0.15, 0.2) is 0 Å². The van der Waals surface area contributed by atoms with E-state index in [1.807, 2.05) is 26.0 Å². The molecule has 1 aliphatic heterocycles. The molecule has 1 saturated heterocycles. The Kier molecular flexibility index (Phi) is 6.11. The van der Waals surface area contributed by atoms with Crippen LogP contribution in [0.4, 0.5) is 5.69 Å². The van der Waals surface area contributed by atoms with Gasteiger partial charge in [-0.25, -0.2) is 4.98 Å². The second-order valence-corrected chi connectivity index (χ2v) is 9.22. The molecular formula is C23H28N4O3S. The zero-order valence-corrected chi connectivity index (χ0v) is 19.2. The maximum Gasteiger partial charge on any atom is 0.263 e. The summed E-state index contributed by atoms with van der Waals surface area (Å²) in [4.78, 5) is 35.8. The number of para-hydroxylation sites is 2. The van der Waals surface area contributed by atoms with Crippen LogP contribution in [0.5, 0.6) is 5.75 Å². The monoisotopic (exact) mass is 440 g/mol. The van der Waals surface area contributed by atoms with E-state index in [1.165, 1.54) is 0 Å². The van der Waals surface area contributed by atoms with Crippen molar-refractivity contribution < 1.29 is 9.53 Å². The molecule has 3 aromatic rings. The average molecular weight is 441 g/mol. The first kappa shape index (κ1) is 21.5. The molecule has 1 atom stereocenters. The minimum absolute atomic E-state index is 0.149. The molecule has 1 amide bonds. The first-order chi connectivity index (χ1) is 14.9. The number of likely N-dealkylation sites (tertiary alicyclic amines) is 1. The van der Waals surface area contributed by atoms with Gasteiger partial charge in [-0.2, -0.15) is 0 Å². The van der Waals surface area contributed by atoms with Gasteiger partial charge in [-0.1, -0.05) is 12.1 Å². The Labute approximate surface area is 185 Å². The lowest BCUT2D eigenvalue weighted by atomic mass is 10.2. The molecule has 1 aromatic carbocycles. The van der Waals surface area contributed by atoms with E-state index < -0.39 is 6.04 Å². The van der Waals surface area contributed by atoms with Gasteiger partial charge < -0.3 is 10.1 Å². The number of nitrogens with zero attached hydrogens (tertiary/aromatic N) is 3. The minimum atomic E-state index is -0.716. The number of aryl methyl sites for hydroxylation is 2. The van der Waals surface area contributed by atoms with Gasteiger partial charge in [0.05, 0.1) is 24.7 Å². The molecule has 0 radical (unpaired) electrons. The topological polar surface area (TPSA) is 76.5 Å². The smallest absolute Gasteiger partial charge is 0.263 e. The van der Waals surface area contributed by atoms with Crippen molar-refractivity contribution in [1.29, 1.82) is 0 Å². The number of thiophene rings is 1. The van der Waals surface area contributed by atoms with E-state index in [1.54, 1.807) is 42.1 Å². The second kappa shape index (κ2) is 8.80. The maximum absolute atomic E-state index is 13.6. The number of methoxy groups -OCH3 is 1. The number of carbonyl (C=O) groups excluding carboxylic acids is 1. The summed E-state index contributed by atoms with van der Waals surface area (Å²) in [6.45, 7) is 8.23. The number of amides is 1.